The Balaban J connectivity index is 0.000000383. The Morgan fingerprint density at radius 1 is 1.18 bits per heavy atom. The number of nitrogens with one attached hydrogen (secondary N) is 1. The number of carboxylic acids is 1. The predicted molar refractivity (Wildman–Crippen MR) is 110 cm³/mol. The summed E-state index contributed by atoms with van der Waals surface area (Å²) >= 11 is 0. The normalized spacial score (nSPS) is 22.0. The quantitative estimate of drug-likeness (QED) is 0.684. The van der Waals surface area contributed by atoms with Crippen molar-refractivity contribution < 1.29 is 32.6 Å². The summed E-state index contributed by atoms with van der Waals surface area (Å²) < 4.78 is 37.6. The molecule has 0 radical (unpaired) electrons. The molecule has 9 nitrogen and oxygen atoms in total. The van der Waals surface area contributed by atoms with Crippen molar-refractivity contribution in [1.29, 1.82) is 0 Å². The summed E-state index contributed by atoms with van der Waals surface area (Å²) in [6.07, 6.45) is 4.40. The van der Waals surface area contributed by atoms with Gasteiger partial charge in [0.05, 0.1) is 18.1 Å². The number of hydrogen-bond donors (Lipinski definition) is 2. The van der Waals surface area contributed by atoms with Crippen LogP contribution in [0.5, 0.6) is 0 Å². The Kier molecular flexibility index (Phi) is 8.15. The highest BCUT2D eigenvalue weighted by atomic mass is 19.4. The molecule has 2 aliphatic heterocycles. The molecular weight excluding hydrogens is 443 g/mol. The fraction of sp³-hybridized carbons (Fsp3) is 0.476. The number of piperidine rings is 1. The molecule has 3 atom stereocenters. The van der Waals surface area contributed by atoms with E-state index in [1.165, 1.54) is 5.56 Å². The van der Waals surface area contributed by atoms with Gasteiger partial charge in [0, 0.05) is 38.3 Å². The first-order valence-electron chi connectivity index (χ1n) is 10.4. The Hall–Kier alpha value is -3.28. The van der Waals surface area contributed by atoms with Gasteiger partial charge >= 0.3 is 12.1 Å². The molecule has 4 rings (SSSR count). The number of rotatable bonds is 5. The van der Waals surface area contributed by atoms with Gasteiger partial charge < -0.3 is 20.1 Å². The van der Waals surface area contributed by atoms with E-state index in [2.05, 4.69) is 25.2 Å². The minimum atomic E-state index is -5.08. The second kappa shape index (κ2) is 11.0. The van der Waals surface area contributed by atoms with E-state index >= 15 is 0 Å². The second-order valence-corrected chi connectivity index (χ2v) is 7.62. The second-order valence-electron chi connectivity index (χ2n) is 7.62. The first-order chi connectivity index (χ1) is 15.8. The minimum absolute atomic E-state index is 0.0899. The van der Waals surface area contributed by atoms with Crippen molar-refractivity contribution in [2.75, 3.05) is 24.6 Å². The highest BCUT2D eigenvalue weighted by molar-refractivity contribution is 5.79. The van der Waals surface area contributed by atoms with Crippen LogP contribution in [-0.4, -0.2) is 70.0 Å². The molecule has 33 heavy (non-hydrogen) atoms. The molecule has 2 aromatic heterocycles. The number of hydrogen-bond acceptors (Lipinski definition) is 7. The van der Waals surface area contributed by atoms with Crippen LogP contribution >= 0.6 is 0 Å². The zero-order valence-electron chi connectivity index (χ0n) is 17.6. The van der Waals surface area contributed by atoms with Crippen LogP contribution < -0.4 is 10.2 Å². The average Bonchev–Trinajstić information content (AvgIpc) is 3.28. The number of halogens is 3. The third-order valence-corrected chi connectivity index (χ3v) is 5.45. The van der Waals surface area contributed by atoms with Crippen molar-refractivity contribution in [3.05, 3.63) is 48.7 Å². The molecule has 2 N–H and O–H groups in total. The van der Waals surface area contributed by atoms with Crippen LogP contribution in [0.1, 0.15) is 18.4 Å². The molecule has 0 aliphatic carbocycles. The number of amides is 1. The summed E-state index contributed by atoms with van der Waals surface area (Å²) in [6.45, 7) is 2.04. The number of carbonyl (C=O) groups excluding carboxylic acids is 1. The largest absolute Gasteiger partial charge is 0.490 e. The number of alkyl halides is 3. The van der Waals surface area contributed by atoms with Gasteiger partial charge in [-0.3, -0.25) is 9.78 Å². The summed E-state index contributed by atoms with van der Waals surface area (Å²) in [6, 6.07) is 6.14. The van der Waals surface area contributed by atoms with Crippen molar-refractivity contribution in [1.82, 2.24) is 20.3 Å². The van der Waals surface area contributed by atoms with Crippen molar-refractivity contribution in [2.24, 2.45) is 5.92 Å². The van der Waals surface area contributed by atoms with E-state index in [9.17, 15) is 18.0 Å². The standard InChI is InChI=1S/C19H23N5O2.C2HF3O2/c25-19(22-9-3-14-1-6-20-7-2-14)15-11-17-16(5-10-26-17)24(12-15)18-4-8-21-13-23-18;3-2(4,5)1(6)7/h1-2,4,6-8,13,15-17H,3,5,9-12H2,(H,22,25);(H,6,7)/t15-,16+,17+;/m0./s1. The number of pyridine rings is 1. The Morgan fingerprint density at radius 2 is 1.88 bits per heavy atom. The lowest BCUT2D eigenvalue weighted by molar-refractivity contribution is -0.192. The molecule has 2 saturated heterocycles. The van der Waals surface area contributed by atoms with E-state index in [0.717, 1.165) is 31.7 Å². The van der Waals surface area contributed by atoms with Gasteiger partial charge in [-0.2, -0.15) is 13.2 Å². The van der Waals surface area contributed by atoms with Gasteiger partial charge in [0.15, 0.2) is 0 Å². The lowest BCUT2D eigenvalue weighted by Gasteiger charge is -2.40. The summed E-state index contributed by atoms with van der Waals surface area (Å²) in [5.74, 6) is -1.89. The molecule has 0 aromatic carbocycles. The molecule has 0 bridgehead atoms. The van der Waals surface area contributed by atoms with Gasteiger partial charge in [0.25, 0.3) is 0 Å². The topological polar surface area (TPSA) is 118 Å². The fourth-order valence-electron chi connectivity index (χ4n) is 3.88. The average molecular weight is 467 g/mol. The molecule has 2 fully saturated rings. The number of carbonyl (C=O) groups is 2. The summed E-state index contributed by atoms with van der Waals surface area (Å²) in [4.78, 5) is 36.2. The Labute approximate surface area is 188 Å². The molecule has 4 heterocycles. The van der Waals surface area contributed by atoms with E-state index in [4.69, 9.17) is 14.6 Å². The predicted octanol–water partition coefficient (Wildman–Crippen LogP) is 1.85. The highest BCUT2D eigenvalue weighted by Crippen LogP contribution is 2.33. The van der Waals surface area contributed by atoms with Crippen molar-refractivity contribution in [3.63, 3.8) is 0 Å². The molecule has 2 aliphatic rings. The van der Waals surface area contributed by atoms with Gasteiger partial charge in [-0.05, 0) is 43.0 Å². The third kappa shape index (κ3) is 6.85. The number of aliphatic carboxylic acids is 1. The first kappa shape index (κ1) is 24.4. The van der Waals surface area contributed by atoms with Crippen LogP contribution in [0.15, 0.2) is 43.1 Å². The number of fused-ring (bicyclic) bond motifs is 1. The first-order valence-corrected chi connectivity index (χ1v) is 10.4. The fourth-order valence-corrected chi connectivity index (χ4v) is 3.88. The number of ether oxygens (including phenoxy) is 1. The SMILES string of the molecule is O=C(NCCc1ccncc1)[C@H]1C[C@H]2OCC[C@H]2N(c2ccncn2)C1.O=C(O)C(F)(F)F. The summed E-state index contributed by atoms with van der Waals surface area (Å²) in [5.41, 5.74) is 1.17. The van der Waals surface area contributed by atoms with Gasteiger partial charge in [0.1, 0.15) is 12.1 Å². The van der Waals surface area contributed by atoms with Crippen LogP contribution in [0.25, 0.3) is 0 Å². The number of carboxylic acid groups (broad SMARTS) is 1. The van der Waals surface area contributed by atoms with E-state index in [1.54, 1.807) is 24.9 Å². The molecule has 1 amide bonds. The van der Waals surface area contributed by atoms with Crippen molar-refractivity contribution in [2.45, 2.75) is 37.6 Å². The zero-order chi connectivity index (χ0) is 23.8. The van der Waals surface area contributed by atoms with E-state index in [-0.39, 0.29) is 17.9 Å². The molecule has 0 saturated carbocycles. The molecular formula is C21H24F3N5O4. The van der Waals surface area contributed by atoms with Gasteiger partial charge in [-0.15, -0.1) is 0 Å². The summed E-state index contributed by atoms with van der Waals surface area (Å²) in [7, 11) is 0. The smallest absolute Gasteiger partial charge is 0.475 e. The van der Waals surface area contributed by atoms with Crippen LogP contribution in [0, 0.1) is 5.92 Å². The van der Waals surface area contributed by atoms with Gasteiger partial charge in [0.2, 0.25) is 5.91 Å². The molecule has 0 spiro atoms. The zero-order valence-corrected chi connectivity index (χ0v) is 17.6. The molecule has 12 heteroatoms. The highest BCUT2D eigenvalue weighted by Gasteiger charge is 2.42. The lowest BCUT2D eigenvalue weighted by Crippen LogP contribution is -2.53. The van der Waals surface area contributed by atoms with Gasteiger partial charge in [-0.25, -0.2) is 14.8 Å². The monoisotopic (exact) mass is 467 g/mol. The maximum absolute atomic E-state index is 12.7. The van der Waals surface area contributed by atoms with Gasteiger partial charge in [-0.1, -0.05) is 0 Å². The maximum atomic E-state index is 12.7. The molecule has 178 valence electrons. The lowest BCUT2D eigenvalue weighted by atomic mass is 9.89. The van der Waals surface area contributed by atoms with E-state index in [0.29, 0.717) is 19.1 Å². The number of aromatic nitrogens is 3. The minimum Gasteiger partial charge on any atom is -0.475 e. The maximum Gasteiger partial charge on any atom is 0.490 e. The van der Waals surface area contributed by atoms with Crippen LogP contribution in [0.2, 0.25) is 0 Å². The van der Waals surface area contributed by atoms with Crippen LogP contribution in [0.3, 0.4) is 0 Å². The van der Waals surface area contributed by atoms with E-state index < -0.39 is 12.1 Å². The Bertz CT molecular complexity index is 917. The van der Waals surface area contributed by atoms with Crippen LogP contribution in [-0.2, 0) is 20.7 Å². The number of nitrogens with zero attached hydrogens (tertiary/aromatic N) is 4. The summed E-state index contributed by atoms with van der Waals surface area (Å²) in [5, 5.41) is 10.2. The van der Waals surface area contributed by atoms with Crippen molar-refractivity contribution >= 4 is 17.7 Å². The van der Waals surface area contributed by atoms with Crippen molar-refractivity contribution in [3.8, 4) is 0 Å². The molecule has 0 unspecified atom stereocenters. The van der Waals surface area contributed by atoms with E-state index in [1.807, 2.05) is 18.2 Å². The van der Waals surface area contributed by atoms with Crippen LogP contribution in [0.4, 0.5) is 19.0 Å². The number of anilines is 1. The third-order valence-electron chi connectivity index (χ3n) is 5.45. The molecule has 2 aromatic rings. The Morgan fingerprint density at radius 3 is 2.52 bits per heavy atom.